The van der Waals surface area contributed by atoms with Crippen LogP contribution in [0.1, 0.15) is 61.3 Å². The maximum Gasteiger partial charge on any atom is 0.573 e. The molecule has 1 aromatic heterocycles. The number of phenols is 2. The summed E-state index contributed by atoms with van der Waals surface area (Å²) < 4.78 is 53.3. The zero-order valence-electron chi connectivity index (χ0n) is 29.2. The van der Waals surface area contributed by atoms with E-state index in [2.05, 4.69) is 30.7 Å². The monoisotopic (exact) mass is 725 g/mol. The highest BCUT2D eigenvalue weighted by Gasteiger charge is 2.31. The van der Waals surface area contributed by atoms with Crippen molar-refractivity contribution in [3.63, 3.8) is 0 Å². The van der Waals surface area contributed by atoms with Crippen LogP contribution in [0.5, 0.6) is 17.2 Å². The maximum absolute atomic E-state index is 12.9. The summed E-state index contributed by atoms with van der Waals surface area (Å²) in [4.78, 5) is 33.8. The van der Waals surface area contributed by atoms with Crippen LogP contribution in [0.15, 0.2) is 79.1 Å². The van der Waals surface area contributed by atoms with Crippen LogP contribution in [-0.4, -0.2) is 75.9 Å². The first kappa shape index (κ1) is 39.4. The third-order valence-corrected chi connectivity index (χ3v) is 7.80. The number of nitrogens with zero attached hydrogens (tertiary/aromatic N) is 2. The molecule has 0 unspecified atom stereocenters. The third kappa shape index (κ3) is 12.4. The van der Waals surface area contributed by atoms with E-state index in [1.165, 1.54) is 48.8 Å². The topological polar surface area (TPSA) is 164 Å². The lowest BCUT2D eigenvalue weighted by molar-refractivity contribution is -0.274. The summed E-state index contributed by atoms with van der Waals surface area (Å²) in [7, 11) is 0. The number of nitrogens with one attached hydrogen (secondary N) is 3. The number of aromatic nitrogens is 2. The first-order valence-electron chi connectivity index (χ1n) is 16.4. The number of rotatable bonds is 17. The molecule has 0 spiro atoms. The molecule has 4 aromatic rings. The summed E-state index contributed by atoms with van der Waals surface area (Å²) in [5.41, 5.74) is 0.978. The first-order valence-corrected chi connectivity index (χ1v) is 16.4. The van der Waals surface area contributed by atoms with Crippen molar-refractivity contribution < 1.29 is 47.2 Å². The number of carbonyl (C=O) groups excluding carboxylic acids is 2. The Hall–Kier alpha value is -5.41. The summed E-state index contributed by atoms with van der Waals surface area (Å²) in [6.07, 6.45) is -2.37. The fourth-order valence-electron chi connectivity index (χ4n) is 4.89. The lowest BCUT2D eigenvalue weighted by Crippen LogP contribution is -2.36. The van der Waals surface area contributed by atoms with Gasteiger partial charge in [-0.25, -0.2) is 9.97 Å². The van der Waals surface area contributed by atoms with Crippen molar-refractivity contribution in [3.05, 3.63) is 90.3 Å². The Balaban J connectivity index is 1.18. The van der Waals surface area contributed by atoms with Crippen LogP contribution in [-0.2, 0) is 9.47 Å². The van der Waals surface area contributed by atoms with Gasteiger partial charge in [0.2, 0.25) is 0 Å². The molecule has 3 aromatic carbocycles. The number of alkyl halides is 3. The van der Waals surface area contributed by atoms with Crippen LogP contribution in [0.2, 0.25) is 0 Å². The molecular formula is C37H42F3N5O7. The highest BCUT2D eigenvalue weighted by Crippen LogP contribution is 2.29. The molecule has 52 heavy (non-hydrogen) atoms. The van der Waals surface area contributed by atoms with Gasteiger partial charge in [0.15, 0.2) is 11.5 Å². The number of halogens is 3. The number of ether oxygens (including phenoxy) is 3. The third-order valence-electron chi connectivity index (χ3n) is 7.80. The second-order valence-corrected chi connectivity index (χ2v) is 13.0. The number of anilines is 2. The van der Waals surface area contributed by atoms with Gasteiger partial charge in [-0.1, -0.05) is 18.2 Å². The van der Waals surface area contributed by atoms with Crippen LogP contribution in [0.4, 0.5) is 24.7 Å². The van der Waals surface area contributed by atoms with E-state index < -0.39 is 29.2 Å². The average Bonchev–Trinajstić information content (AvgIpc) is 3.08. The largest absolute Gasteiger partial charge is 0.573 e. The van der Waals surface area contributed by atoms with E-state index in [-0.39, 0.29) is 36.1 Å². The fraction of sp³-hybridized carbons (Fsp3) is 0.351. The molecule has 0 bridgehead atoms. The number of benzene rings is 3. The Labute approximate surface area is 299 Å². The van der Waals surface area contributed by atoms with Gasteiger partial charge in [-0.15, -0.1) is 13.2 Å². The standard InChI is InChI=1S/C37H42F3N5O7/c1-35(2,15-17-41-34(49)28-9-6-10-30(46)32(28)47)50-19-16-36(3,4)51-20-18-42-33(48)25-8-5-7-24(21-25)29-22-31(44-23-43-29)45-26-11-13-27(14-12-26)52-37(38,39)40/h5-14,21-23,46-47H,15-20H2,1-4H3,(H,41,49)(H,42,48)(H,43,44,45). The van der Waals surface area contributed by atoms with Crippen LogP contribution in [0, 0.1) is 0 Å². The molecule has 2 amide bonds. The number of para-hydroxylation sites is 1. The molecule has 0 saturated heterocycles. The number of aromatic hydroxyl groups is 2. The van der Waals surface area contributed by atoms with E-state index >= 15 is 0 Å². The molecule has 0 aliphatic rings. The molecule has 0 saturated carbocycles. The minimum Gasteiger partial charge on any atom is -0.504 e. The SMILES string of the molecule is CC(C)(CCNC(=O)c1cccc(O)c1O)OCCC(C)(C)OCCNC(=O)c1cccc(-c2cc(Nc3ccc(OC(F)(F)F)cc3)ncn2)c1. The molecule has 1 heterocycles. The van der Waals surface area contributed by atoms with Crippen LogP contribution in [0.25, 0.3) is 11.3 Å². The lowest BCUT2D eigenvalue weighted by Gasteiger charge is -2.30. The van der Waals surface area contributed by atoms with Gasteiger partial charge < -0.3 is 40.4 Å². The van der Waals surface area contributed by atoms with Crippen molar-refractivity contribution in [2.75, 3.05) is 31.6 Å². The van der Waals surface area contributed by atoms with Crippen molar-refractivity contribution in [1.29, 1.82) is 0 Å². The predicted octanol–water partition coefficient (Wildman–Crippen LogP) is 6.73. The summed E-state index contributed by atoms with van der Waals surface area (Å²) in [6, 6.07) is 18.0. The van der Waals surface area contributed by atoms with Gasteiger partial charge in [0.05, 0.1) is 35.7 Å². The van der Waals surface area contributed by atoms with Crippen LogP contribution in [0.3, 0.4) is 0 Å². The minimum absolute atomic E-state index is 0.00963. The summed E-state index contributed by atoms with van der Waals surface area (Å²) in [5, 5.41) is 28.1. The van der Waals surface area contributed by atoms with E-state index in [4.69, 9.17) is 9.47 Å². The molecule has 5 N–H and O–H groups in total. The number of hydrogen-bond donors (Lipinski definition) is 5. The van der Waals surface area contributed by atoms with E-state index in [0.29, 0.717) is 54.3 Å². The molecule has 0 atom stereocenters. The van der Waals surface area contributed by atoms with Crippen molar-refractivity contribution in [3.8, 4) is 28.5 Å². The molecule has 0 aliphatic carbocycles. The molecule has 0 aliphatic heterocycles. The summed E-state index contributed by atoms with van der Waals surface area (Å²) in [6.45, 7) is 8.90. The highest BCUT2D eigenvalue weighted by atomic mass is 19.4. The second kappa shape index (κ2) is 17.2. The van der Waals surface area contributed by atoms with Gasteiger partial charge in [0, 0.05) is 36.0 Å². The van der Waals surface area contributed by atoms with Crippen molar-refractivity contribution in [2.45, 2.75) is 58.1 Å². The zero-order valence-corrected chi connectivity index (χ0v) is 29.2. The fourth-order valence-corrected chi connectivity index (χ4v) is 4.89. The number of amides is 2. The number of hydrogen-bond acceptors (Lipinski definition) is 10. The quantitative estimate of drug-likeness (QED) is 0.0583. The maximum atomic E-state index is 12.9. The average molecular weight is 726 g/mol. The zero-order chi connectivity index (χ0) is 37.9. The summed E-state index contributed by atoms with van der Waals surface area (Å²) >= 11 is 0. The van der Waals surface area contributed by atoms with Gasteiger partial charge in [-0.3, -0.25) is 9.59 Å². The molecule has 15 heteroatoms. The van der Waals surface area contributed by atoms with Crippen molar-refractivity contribution in [2.24, 2.45) is 0 Å². The molecule has 0 radical (unpaired) electrons. The van der Waals surface area contributed by atoms with Gasteiger partial charge in [0.1, 0.15) is 17.9 Å². The second-order valence-electron chi connectivity index (χ2n) is 13.0. The van der Waals surface area contributed by atoms with E-state index in [9.17, 15) is 33.0 Å². The van der Waals surface area contributed by atoms with Crippen molar-refractivity contribution >= 4 is 23.3 Å². The van der Waals surface area contributed by atoms with E-state index in [1.54, 1.807) is 30.3 Å². The predicted molar refractivity (Wildman–Crippen MR) is 188 cm³/mol. The first-order chi connectivity index (χ1) is 24.5. The molecule has 278 valence electrons. The minimum atomic E-state index is -4.78. The molecule has 0 fully saturated rings. The van der Waals surface area contributed by atoms with Gasteiger partial charge in [-0.2, -0.15) is 0 Å². The lowest BCUT2D eigenvalue weighted by atomic mass is 10.0. The Bertz CT molecular complexity index is 1820. The molecule has 4 rings (SSSR count). The highest BCUT2D eigenvalue weighted by molar-refractivity contribution is 5.97. The Morgan fingerprint density at radius 1 is 0.769 bits per heavy atom. The summed E-state index contributed by atoms with van der Waals surface area (Å²) in [5.74, 6) is -1.57. The van der Waals surface area contributed by atoms with Gasteiger partial charge >= 0.3 is 6.36 Å². The van der Waals surface area contributed by atoms with Gasteiger partial charge in [-0.05, 0) is 89.1 Å². The molecular weight excluding hydrogens is 683 g/mol. The van der Waals surface area contributed by atoms with Gasteiger partial charge in [0.25, 0.3) is 11.8 Å². The smallest absolute Gasteiger partial charge is 0.504 e. The number of carbonyl (C=O) groups is 2. The Morgan fingerprint density at radius 3 is 2.17 bits per heavy atom. The number of phenolic OH excluding ortho intramolecular Hbond substituents is 2. The van der Waals surface area contributed by atoms with Crippen LogP contribution < -0.4 is 20.7 Å². The Kier molecular flexibility index (Phi) is 13.0. The molecule has 12 nitrogen and oxygen atoms in total. The van der Waals surface area contributed by atoms with Crippen molar-refractivity contribution in [1.82, 2.24) is 20.6 Å². The Morgan fingerprint density at radius 2 is 1.44 bits per heavy atom. The normalized spacial score (nSPS) is 11.9. The van der Waals surface area contributed by atoms with E-state index in [0.717, 1.165) is 0 Å². The van der Waals surface area contributed by atoms with E-state index in [1.807, 2.05) is 27.7 Å². The van der Waals surface area contributed by atoms with Crippen LogP contribution >= 0.6 is 0 Å².